The van der Waals surface area contributed by atoms with Crippen LogP contribution < -0.4 is 15.4 Å². The molecule has 1 aliphatic rings. The van der Waals surface area contributed by atoms with E-state index in [1.165, 1.54) is 18.2 Å². The largest absolute Gasteiger partial charge is 0.573 e. The lowest BCUT2D eigenvalue weighted by molar-refractivity contribution is -0.274. The summed E-state index contributed by atoms with van der Waals surface area (Å²) in [6.07, 6.45) is -4.74. The van der Waals surface area contributed by atoms with Crippen LogP contribution in [0.15, 0.2) is 24.3 Å². The van der Waals surface area contributed by atoms with Crippen LogP contribution in [0.5, 0.6) is 5.75 Å². The van der Waals surface area contributed by atoms with Gasteiger partial charge in [0.1, 0.15) is 5.75 Å². The van der Waals surface area contributed by atoms with Gasteiger partial charge in [0, 0.05) is 18.3 Å². The van der Waals surface area contributed by atoms with Crippen molar-refractivity contribution in [2.45, 2.75) is 13.3 Å². The van der Waals surface area contributed by atoms with E-state index in [9.17, 15) is 18.0 Å². The number of anilines is 1. The fourth-order valence-corrected chi connectivity index (χ4v) is 2.17. The third kappa shape index (κ3) is 3.86. The average Bonchev–Trinajstić information content (AvgIpc) is 2.73. The van der Waals surface area contributed by atoms with Crippen LogP contribution in [0.25, 0.3) is 0 Å². The zero-order chi connectivity index (χ0) is 14.8. The van der Waals surface area contributed by atoms with E-state index in [1.54, 1.807) is 0 Å². The van der Waals surface area contributed by atoms with Crippen molar-refractivity contribution < 1.29 is 22.7 Å². The first-order chi connectivity index (χ1) is 9.35. The van der Waals surface area contributed by atoms with Gasteiger partial charge in [0.05, 0.1) is 5.92 Å². The van der Waals surface area contributed by atoms with Crippen molar-refractivity contribution in [2.24, 2.45) is 11.8 Å². The summed E-state index contributed by atoms with van der Waals surface area (Å²) in [6, 6.07) is 5.25. The second-order valence-corrected chi connectivity index (χ2v) is 4.81. The highest BCUT2D eigenvalue weighted by molar-refractivity contribution is 5.93. The Hall–Kier alpha value is -1.76. The monoisotopic (exact) mass is 288 g/mol. The van der Waals surface area contributed by atoms with E-state index in [0.717, 1.165) is 12.6 Å². The molecule has 1 saturated heterocycles. The number of amides is 1. The van der Waals surface area contributed by atoms with Crippen LogP contribution in [-0.4, -0.2) is 25.4 Å². The molecule has 1 amide bonds. The molecule has 2 rings (SSSR count). The molecule has 1 heterocycles. The van der Waals surface area contributed by atoms with Crippen molar-refractivity contribution in [3.05, 3.63) is 24.3 Å². The molecule has 0 spiro atoms. The maximum Gasteiger partial charge on any atom is 0.573 e. The number of hydrogen-bond acceptors (Lipinski definition) is 3. The van der Waals surface area contributed by atoms with Crippen LogP contribution >= 0.6 is 0 Å². The van der Waals surface area contributed by atoms with Crippen molar-refractivity contribution in [1.82, 2.24) is 5.32 Å². The van der Waals surface area contributed by atoms with E-state index in [2.05, 4.69) is 15.4 Å². The summed E-state index contributed by atoms with van der Waals surface area (Å²) in [4.78, 5) is 12.0. The normalized spacial score (nSPS) is 22.6. The van der Waals surface area contributed by atoms with Crippen LogP contribution in [0, 0.1) is 11.8 Å². The highest BCUT2D eigenvalue weighted by Gasteiger charge is 2.32. The molecule has 1 aromatic carbocycles. The molecule has 110 valence electrons. The molecule has 0 aromatic heterocycles. The van der Waals surface area contributed by atoms with Gasteiger partial charge in [-0.05, 0) is 24.6 Å². The van der Waals surface area contributed by atoms with Crippen LogP contribution in [0.3, 0.4) is 0 Å². The number of alkyl halides is 3. The van der Waals surface area contributed by atoms with Gasteiger partial charge in [-0.25, -0.2) is 0 Å². The highest BCUT2D eigenvalue weighted by atomic mass is 19.4. The molecular weight excluding hydrogens is 273 g/mol. The van der Waals surface area contributed by atoms with Crippen LogP contribution in [-0.2, 0) is 4.79 Å². The summed E-state index contributed by atoms with van der Waals surface area (Å²) in [7, 11) is 0. The van der Waals surface area contributed by atoms with E-state index >= 15 is 0 Å². The summed E-state index contributed by atoms with van der Waals surface area (Å²) >= 11 is 0. The summed E-state index contributed by atoms with van der Waals surface area (Å²) in [6.45, 7) is 3.29. The van der Waals surface area contributed by atoms with Crippen LogP contribution in [0.2, 0.25) is 0 Å². The fourth-order valence-electron chi connectivity index (χ4n) is 2.17. The van der Waals surface area contributed by atoms with Gasteiger partial charge in [-0.15, -0.1) is 13.2 Å². The van der Waals surface area contributed by atoms with Gasteiger partial charge in [0.25, 0.3) is 0 Å². The second kappa shape index (κ2) is 5.70. The minimum atomic E-state index is -4.74. The van der Waals surface area contributed by atoms with Gasteiger partial charge >= 0.3 is 6.36 Å². The van der Waals surface area contributed by atoms with Gasteiger partial charge in [-0.2, -0.15) is 0 Å². The quantitative estimate of drug-likeness (QED) is 0.898. The standard InChI is InChI=1S/C13H15F3N2O2/c1-8-6-17-7-11(8)12(19)18-9-3-2-4-10(5-9)20-13(14,15)16/h2-5,8,11,17H,6-7H2,1H3,(H,18,19)/t8-,11-/m1/s1. The molecule has 1 aliphatic heterocycles. The van der Waals surface area contributed by atoms with Crippen molar-refractivity contribution in [3.63, 3.8) is 0 Å². The molecular formula is C13H15F3N2O2. The van der Waals surface area contributed by atoms with E-state index in [1.807, 2.05) is 6.92 Å². The van der Waals surface area contributed by atoms with Gasteiger partial charge in [-0.1, -0.05) is 13.0 Å². The summed E-state index contributed by atoms with van der Waals surface area (Å²) in [5, 5.41) is 5.71. The van der Waals surface area contributed by atoms with Gasteiger partial charge in [-0.3, -0.25) is 4.79 Å². The molecule has 1 aromatic rings. The third-order valence-electron chi connectivity index (χ3n) is 3.19. The molecule has 2 atom stereocenters. The molecule has 2 N–H and O–H groups in total. The summed E-state index contributed by atoms with van der Waals surface area (Å²) < 4.78 is 40.2. The smallest absolute Gasteiger partial charge is 0.406 e. The Bertz CT molecular complexity index is 491. The summed E-state index contributed by atoms with van der Waals surface area (Å²) in [5.41, 5.74) is 0.288. The highest BCUT2D eigenvalue weighted by Crippen LogP contribution is 2.26. The van der Waals surface area contributed by atoms with Crippen molar-refractivity contribution >= 4 is 11.6 Å². The predicted octanol–water partition coefficient (Wildman–Crippen LogP) is 2.38. The Morgan fingerprint density at radius 3 is 2.75 bits per heavy atom. The number of ether oxygens (including phenoxy) is 1. The Morgan fingerprint density at radius 2 is 2.15 bits per heavy atom. The average molecular weight is 288 g/mol. The maximum atomic E-state index is 12.1. The van der Waals surface area contributed by atoms with Crippen LogP contribution in [0.1, 0.15) is 6.92 Å². The lowest BCUT2D eigenvalue weighted by Gasteiger charge is -2.15. The summed E-state index contributed by atoms with van der Waals surface area (Å²) in [5.74, 6) is -0.536. The van der Waals surface area contributed by atoms with Gasteiger partial charge in [0.2, 0.25) is 5.91 Å². The topological polar surface area (TPSA) is 50.4 Å². The number of carbonyl (C=O) groups excluding carboxylic acids is 1. The number of benzene rings is 1. The Morgan fingerprint density at radius 1 is 1.40 bits per heavy atom. The maximum absolute atomic E-state index is 12.1. The second-order valence-electron chi connectivity index (χ2n) is 4.81. The van der Waals surface area contributed by atoms with E-state index in [-0.39, 0.29) is 29.2 Å². The molecule has 1 fully saturated rings. The van der Waals surface area contributed by atoms with E-state index in [4.69, 9.17) is 0 Å². The van der Waals surface area contributed by atoms with Crippen molar-refractivity contribution in [2.75, 3.05) is 18.4 Å². The predicted molar refractivity (Wildman–Crippen MR) is 67.3 cm³/mol. The fraction of sp³-hybridized carbons (Fsp3) is 0.462. The van der Waals surface area contributed by atoms with Gasteiger partial charge < -0.3 is 15.4 Å². The molecule has 20 heavy (non-hydrogen) atoms. The molecule has 0 aliphatic carbocycles. The van der Waals surface area contributed by atoms with E-state index < -0.39 is 6.36 Å². The van der Waals surface area contributed by atoms with E-state index in [0.29, 0.717) is 6.54 Å². The number of carbonyl (C=O) groups is 1. The molecule has 0 saturated carbocycles. The minimum absolute atomic E-state index is 0.179. The molecule has 0 bridgehead atoms. The zero-order valence-corrected chi connectivity index (χ0v) is 10.8. The lowest BCUT2D eigenvalue weighted by atomic mass is 9.97. The SMILES string of the molecule is C[C@@H]1CNC[C@H]1C(=O)Nc1cccc(OC(F)(F)F)c1. The first-order valence-corrected chi connectivity index (χ1v) is 6.22. The van der Waals surface area contributed by atoms with Crippen molar-refractivity contribution in [1.29, 1.82) is 0 Å². The Labute approximate surface area is 114 Å². The number of hydrogen-bond donors (Lipinski definition) is 2. The van der Waals surface area contributed by atoms with Gasteiger partial charge in [0.15, 0.2) is 0 Å². The Kier molecular flexibility index (Phi) is 4.17. The zero-order valence-electron chi connectivity index (χ0n) is 10.8. The number of rotatable bonds is 3. The number of halogens is 3. The first kappa shape index (κ1) is 14.6. The molecule has 7 heteroatoms. The first-order valence-electron chi connectivity index (χ1n) is 6.22. The van der Waals surface area contributed by atoms with Crippen LogP contribution in [0.4, 0.5) is 18.9 Å². The number of nitrogens with one attached hydrogen (secondary N) is 2. The van der Waals surface area contributed by atoms with Crippen molar-refractivity contribution in [3.8, 4) is 5.75 Å². The lowest BCUT2D eigenvalue weighted by Crippen LogP contribution is -2.27. The third-order valence-corrected chi connectivity index (χ3v) is 3.19. The molecule has 0 unspecified atom stereocenters. The molecule has 0 radical (unpaired) electrons. The minimum Gasteiger partial charge on any atom is -0.406 e. The molecule has 4 nitrogen and oxygen atoms in total. The Balaban J connectivity index is 2.02.